The Balaban J connectivity index is 3.50. The molecule has 318 valence electrons. The highest BCUT2D eigenvalue weighted by Gasteiger charge is 2.35. The van der Waals surface area contributed by atoms with Gasteiger partial charge in [0, 0.05) is 19.3 Å². The smallest absolute Gasteiger partial charge is 0.322 e. The van der Waals surface area contributed by atoms with Gasteiger partial charge in [0.1, 0.15) is 42.5 Å². The first kappa shape index (κ1) is 49.2. The van der Waals surface area contributed by atoms with Crippen LogP contribution in [0.15, 0.2) is 24.3 Å². The zero-order valence-corrected chi connectivity index (χ0v) is 32.4. The number of hydrogen-bond acceptors (Lipinski definition) is 12. The topological polar surface area (TPSA) is 353 Å². The van der Waals surface area contributed by atoms with Crippen LogP contribution < -0.4 is 37.6 Å². The summed E-state index contributed by atoms with van der Waals surface area (Å²) in [4.78, 5) is 114. The van der Waals surface area contributed by atoms with Crippen LogP contribution in [0.25, 0.3) is 0 Å². The number of aliphatic hydroxyl groups is 1. The summed E-state index contributed by atoms with van der Waals surface area (Å²) in [5.74, 6) is -10.9. The molecule has 0 bridgehead atoms. The molecule has 0 radical (unpaired) electrons. The lowest BCUT2D eigenvalue weighted by atomic mass is 9.96. The number of phenolic OH excluding ortho intramolecular Hbond substituents is 1. The summed E-state index contributed by atoms with van der Waals surface area (Å²) in [7, 11) is 0. The van der Waals surface area contributed by atoms with Crippen molar-refractivity contribution in [2.45, 2.75) is 115 Å². The molecule has 0 saturated heterocycles. The Labute approximate surface area is 328 Å². The van der Waals surface area contributed by atoms with E-state index < -0.39 is 134 Å². The molecule has 0 aliphatic rings. The highest BCUT2D eigenvalue weighted by atomic mass is 16.4. The maximum atomic E-state index is 13.8. The predicted octanol–water partition coefficient (Wildman–Crippen LogP) is -2.30. The number of rotatable bonds is 25. The van der Waals surface area contributed by atoms with Crippen molar-refractivity contribution in [3.63, 3.8) is 0 Å². The molecule has 21 heteroatoms. The van der Waals surface area contributed by atoms with Gasteiger partial charge < -0.3 is 63.2 Å². The van der Waals surface area contributed by atoms with Crippen LogP contribution in [0.2, 0.25) is 0 Å². The van der Waals surface area contributed by atoms with Gasteiger partial charge in [-0.1, -0.05) is 46.2 Å². The number of nitrogens with two attached hydrogens (primary N) is 1. The first-order valence-corrected chi connectivity index (χ1v) is 18.2. The van der Waals surface area contributed by atoms with E-state index in [1.54, 1.807) is 27.7 Å². The molecule has 1 aromatic carbocycles. The van der Waals surface area contributed by atoms with Crippen molar-refractivity contribution in [3.05, 3.63) is 29.8 Å². The summed E-state index contributed by atoms with van der Waals surface area (Å²) in [5.41, 5.74) is 6.31. The number of carbonyl (C=O) groups excluding carboxylic acids is 6. The molecule has 1 rings (SSSR count). The fourth-order valence-corrected chi connectivity index (χ4v) is 5.14. The molecule has 57 heavy (non-hydrogen) atoms. The van der Waals surface area contributed by atoms with Crippen LogP contribution in [-0.4, -0.2) is 128 Å². The van der Waals surface area contributed by atoms with Gasteiger partial charge in [0.15, 0.2) is 0 Å². The van der Waals surface area contributed by atoms with Gasteiger partial charge in [0.05, 0.1) is 12.1 Å². The van der Waals surface area contributed by atoms with Gasteiger partial charge in [-0.25, -0.2) is 0 Å². The van der Waals surface area contributed by atoms with Gasteiger partial charge in [-0.2, -0.15) is 0 Å². The Kier molecular flexibility index (Phi) is 20.7. The number of benzene rings is 1. The first-order chi connectivity index (χ1) is 26.6. The Morgan fingerprint density at radius 2 is 1.07 bits per heavy atom. The minimum atomic E-state index is -1.71. The van der Waals surface area contributed by atoms with Crippen molar-refractivity contribution < 1.29 is 68.7 Å². The number of aliphatic hydroxyl groups excluding tert-OH is 1. The van der Waals surface area contributed by atoms with Crippen molar-refractivity contribution in [2.24, 2.45) is 17.6 Å². The van der Waals surface area contributed by atoms with Crippen LogP contribution in [-0.2, 0) is 49.6 Å². The van der Waals surface area contributed by atoms with E-state index in [0.29, 0.717) is 12.0 Å². The second-order valence-electron chi connectivity index (χ2n) is 13.9. The van der Waals surface area contributed by atoms with Crippen molar-refractivity contribution in [2.75, 3.05) is 6.54 Å². The van der Waals surface area contributed by atoms with E-state index >= 15 is 0 Å². The highest BCUT2D eigenvalue weighted by molar-refractivity contribution is 5.97. The summed E-state index contributed by atoms with van der Waals surface area (Å²) >= 11 is 0. The Morgan fingerprint density at radius 3 is 1.51 bits per heavy atom. The number of phenols is 1. The van der Waals surface area contributed by atoms with E-state index in [2.05, 4.69) is 26.6 Å². The van der Waals surface area contributed by atoms with Crippen LogP contribution in [0.1, 0.15) is 72.3 Å². The van der Waals surface area contributed by atoms with Crippen LogP contribution in [0.3, 0.4) is 0 Å². The second kappa shape index (κ2) is 23.9. The number of nitrogens with one attached hydrogen (secondary N) is 6. The van der Waals surface area contributed by atoms with E-state index in [9.17, 15) is 63.6 Å². The number of amides is 6. The Morgan fingerprint density at radius 1 is 0.614 bits per heavy atom. The largest absolute Gasteiger partial charge is 0.508 e. The third-order valence-electron chi connectivity index (χ3n) is 8.86. The second-order valence-corrected chi connectivity index (χ2v) is 13.9. The standard InChI is InChI=1S/C36H55N7O14/c1-6-18(4)29(42-34(55)28(37)17(2)3)36(57)40-23(12-14-26(48)49)31(52)39-22(11-13-25(46)47)32(53)41-24(15-20-7-9-21(45)10-8-20)33(54)43-30(19(5)44)35(56)38-16-27(50)51/h7-10,17-19,22-24,28-30,44-45H,6,11-16,37H2,1-5H3,(H,38,56)(H,39,52)(H,40,57)(H,41,53)(H,42,55)(H,43,54)(H,46,47)(H,48,49)(H,50,51)/t18-,19+,22-,23-,24-,28-,29-,30-/m0/s1. The lowest BCUT2D eigenvalue weighted by molar-refractivity contribution is -0.140. The third-order valence-corrected chi connectivity index (χ3v) is 8.86. The normalized spacial score (nSPS) is 15.2. The molecular formula is C36H55N7O14. The molecule has 13 N–H and O–H groups in total. The van der Waals surface area contributed by atoms with E-state index in [1.807, 2.05) is 5.32 Å². The molecule has 0 aromatic heterocycles. The summed E-state index contributed by atoms with van der Waals surface area (Å²) in [6, 6.07) is -3.47. The summed E-state index contributed by atoms with van der Waals surface area (Å²) < 4.78 is 0. The minimum Gasteiger partial charge on any atom is -0.508 e. The molecule has 1 aromatic rings. The molecule has 0 saturated carbocycles. The zero-order chi connectivity index (χ0) is 43.6. The van der Waals surface area contributed by atoms with Crippen molar-refractivity contribution in [1.29, 1.82) is 0 Å². The molecule has 0 spiro atoms. The van der Waals surface area contributed by atoms with Crippen molar-refractivity contribution in [1.82, 2.24) is 31.9 Å². The van der Waals surface area contributed by atoms with Crippen LogP contribution >= 0.6 is 0 Å². The maximum absolute atomic E-state index is 13.8. The molecule has 0 unspecified atom stereocenters. The highest BCUT2D eigenvalue weighted by Crippen LogP contribution is 2.14. The van der Waals surface area contributed by atoms with Gasteiger partial charge in [-0.15, -0.1) is 0 Å². The average molecular weight is 810 g/mol. The molecule has 0 heterocycles. The van der Waals surface area contributed by atoms with Gasteiger partial charge in [0.2, 0.25) is 35.4 Å². The van der Waals surface area contributed by atoms with Gasteiger partial charge in [-0.3, -0.25) is 43.2 Å². The lowest BCUT2D eigenvalue weighted by Gasteiger charge is -2.29. The average Bonchev–Trinajstić information content (AvgIpc) is 3.14. The SMILES string of the molecule is CC[C@H](C)[C@H](NC(=O)[C@@H](N)C(C)C)C(=O)N[C@@H](CCC(=O)O)C(=O)N[C@@H](CCC(=O)O)C(=O)N[C@@H](Cc1ccc(O)cc1)C(=O)N[C@H](C(=O)NCC(=O)O)[C@@H](C)O. The number of carbonyl (C=O) groups is 9. The summed E-state index contributed by atoms with van der Waals surface area (Å²) in [6.45, 7) is 7.08. The van der Waals surface area contributed by atoms with E-state index in [1.165, 1.54) is 24.3 Å². The number of aliphatic carboxylic acids is 3. The quantitative estimate of drug-likeness (QED) is 0.0494. The minimum absolute atomic E-state index is 0.133. The Hall–Kier alpha value is -5.83. The fraction of sp³-hybridized carbons (Fsp3) is 0.583. The number of carboxylic acids is 3. The van der Waals surface area contributed by atoms with Crippen LogP contribution in [0, 0.1) is 11.8 Å². The fourth-order valence-electron chi connectivity index (χ4n) is 5.14. The Bertz CT molecular complexity index is 1590. The summed E-state index contributed by atoms with van der Waals surface area (Å²) in [6.07, 6.45) is -3.87. The van der Waals surface area contributed by atoms with E-state index in [4.69, 9.17) is 10.8 Å². The first-order valence-electron chi connectivity index (χ1n) is 18.2. The number of carboxylic acid groups (broad SMARTS) is 3. The van der Waals surface area contributed by atoms with Gasteiger partial charge in [0.25, 0.3) is 0 Å². The molecular weight excluding hydrogens is 754 g/mol. The molecule has 6 amide bonds. The monoisotopic (exact) mass is 809 g/mol. The summed E-state index contributed by atoms with van der Waals surface area (Å²) in [5, 5.41) is 61.6. The molecule has 0 fully saturated rings. The molecule has 21 nitrogen and oxygen atoms in total. The van der Waals surface area contributed by atoms with E-state index in [0.717, 1.165) is 6.92 Å². The lowest BCUT2D eigenvalue weighted by Crippen LogP contribution is -2.61. The van der Waals surface area contributed by atoms with Gasteiger partial charge in [-0.05, 0) is 49.3 Å². The van der Waals surface area contributed by atoms with Crippen LogP contribution in [0.4, 0.5) is 0 Å². The van der Waals surface area contributed by atoms with Crippen molar-refractivity contribution in [3.8, 4) is 5.75 Å². The van der Waals surface area contributed by atoms with E-state index in [-0.39, 0.29) is 18.1 Å². The maximum Gasteiger partial charge on any atom is 0.322 e. The predicted molar refractivity (Wildman–Crippen MR) is 200 cm³/mol. The third kappa shape index (κ3) is 17.7. The zero-order valence-electron chi connectivity index (χ0n) is 32.4. The van der Waals surface area contributed by atoms with Crippen molar-refractivity contribution >= 4 is 53.4 Å². The molecule has 0 aliphatic carbocycles. The molecule has 0 aliphatic heterocycles. The number of aromatic hydroxyl groups is 1. The number of hydrogen-bond donors (Lipinski definition) is 12. The molecule has 8 atom stereocenters. The van der Waals surface area contributed by atoms with Crippen LogP contribution in [0.5, 0.6) is 5.75 Å². The van der Waals surface area contributed by atoms with Gasteiger partial charge >= 0.3 is 17.9 Å².